The van der Waals surface area contributed by atoms with E-state index in [4.69, 9.17) is 4.74 Å². The number of rotatable bonds is 6. The lowest BCUT2D eigenvalue weighted by Gasteiger charge is -2.24. The molecule has 1 atom stereocenters. The number of aromatic nitrogens is 1. The number of alkyl halides is 3. The highest BCUT2D eigenvalue weighted by Gasteiger charge is 2.52. The first-order chi connectivity index (χ1) is 16.0. The lowest BCUT2D eigenvalue weighted by molar-refractivity contribution is -0.274. The Labute approximate surface area is 194 Å². The fourth-order valence-corrected chi connectivity index (χ4v) is 3.87. The van der Waals surface area contributed by atoms with Gasteiger partial charge in [0.15, 0.2) is 5.60 Å². The molecule has 3 aromatic rings. The van der Waals surface area contributed by atoms with Crippen LogP contribution < -0.4 is 19.3 Å². The van der Waals surface area contributed by atoms with Crippen molar-refractivity contribution in [2.24, 2.45) is 0 Å². The van der Waals surface area contributed by atoms with Crippen LogP contribution in [0.5, 0.6) is 11.5 Å². The van der Waals surface area contributed by atoms with Crippen LogP contribution in [0.3, 0.4) is 0 Å². The Morgan fingerprint density at radius 1 is 1.06 bits per heavy atom. The molecule has 0 radical (unpaired) electrons. The predicted octanol–water partition coefficient (Wildman–Crippen LogP) is 3.84. The van der Waals surface area contributed by atoms with Gasteiger partial charge in [-0.05, 0) is 42.0 Å². The molecule has 34 heavy (non-hydrogen) atoms. The number of fused-ring (bicyclic) bond motifs is 1. The second-order valence-electron chi connectivity index (χ2n) is 7.98. The van der Waals surface area contributed by atoms with E-state index in [1.165, 1.54) is 30.3 Å². The molecule has 10 heteroatoms. The van der Waals surface area contributed by atoms with Crippen LogP contribution in [0.15, 0.2) is 60.8 Å². The molecule has 2 aromatic carbocycles. The maximum absolute atomic E-state index is 13.6. The molecule has 1 aromatic heterocycles. The number of nitrogens with zero attached hydrogens (tertiary/aromatic N) is 3. The van der Waals surface area contributed by atoms with E-state index >= 15 is 0 Å². The number of amides is 1. The van der Waals surface area contributed by atoms with E-state index in [9.17, 15) is 23.1 Å². The number of pyridine rings is 1. The van der Waals surface area contributed by atoms with Crippen LogP contribution in [0.1, 0.15) is 16.7 Å². The summed E-state index contributed by atoms with van der Waals surface area (Å²) >= 11 is 0. The molecule has 1 aliphatic rings. The number of benzene rings is 2. The smallest absolute Gasteiger partial charge is 0.497 e. The SMILES string of the molecule is COc1ccc(CN2C(=O)C(O)(c3ccc(N(C)C)nc3)c3cc(OC(F)(F)F)ccc32)cc1. The van der Waals surface area contributed by atoms with E-state index in [-0.39, 0.29) is 23.4 Å². The Balaban J connectivity index is 1.80. The summed E-state index contributed by atoms with van der Waals surface area (Å²) in [5.74, 6) is -0.0276. The minimum absolute atomic E-state index is 0.0211. The molecule has 7 nitrogen and oxygen atoms in total. The Bertz CT molecular complexity index is 1200. The monoisotopic (exact) mass is 473 g/mol. The molecule has 1 unspecified atom stereocenters. The molecule has 0 bridgehead atoms. The standard InChI is InChI=1S/C24H22F3N3O4/c1-29(2)21-11-6-16(13-28-21)23(32)19-12-18(34-24(25,26)27)9-10-20(19)30(22(23)31)14-15-4-7-17(33-3)8-5-15/h4-13,32H,14H2,1-3H3. The van der Waals surface area contributed by atoms with Crippen molar-refractivity contribution in [1.29, 1.82) is 0 Å². The zero-order valence-corrected chi connectivity index (χ0v) is 18.6. The van der Waals surface area contributed by atoms with E-state index in [0.717, 1.165) is 17.7 Å². The van der Waals surface area contributed by atoms with Gasteiger partial charge in [-0.15, -0.1) is 13.2 Å². The average molecular weight is 473 g/mol. The molecule has 2 heterocycles. The lowest BCUT2D eigenvalue weighted by Crippen LogP contribution is -2.41. The predicted molar refractivity (Wildman–Crippen MR) is 119 cm³/mol. The quantitative estimate of drug-likeness (QED) is 0.587. The zero-order chi connectivity index (χ0) is 24.7. The van der Waals surface area contributed by atoms with Crippen molar-refractivity contribution in [2.45, 2.75) is 18.5 Å². The van der Waals surface area contributed by atoms with Crippen LogP contribution in [-0.4, -0.2) is 43.6 Å². The first-order valence-electron chi connectivity index (χ1n) is 10.2. The summed E-state index contributed by atoms with van der Waals surface area (Å²) in [5, 5.41) is 11.7. The highest BCUT2D eigenvalue weighted by molar-refractivity contribution is 6.09. The second kappa shape index (κ2) is 8.53. The highest BCUT2D eigenvalue weighted by atomic mass is 19.4. The number of carbonyl (C=O) groups excluding carboxylic acids is 1. The number of ether oxygens (including phenoxy) is 2. The molecule has 0 aliphatic carbocycles. The molecule has 0 saturated carbocycles. The highest BCUT2D eigenvalue weighted by Crippen LogP contribution is 2.47. The fourth-order valence-electron chi connectivity index (χ4n) is 3.87. The van der Waals surface area contributed by atoms with Crippen molar-refractivity contribution in [3.05, 3.63) is 77.5 Å². The maximum Gasteiger partial charge on any atom is 0.573 e. The molecule has 4 rings (SSSR count). The van der Waals surface area contributed by atoms with Crippen molar-refractivity contribution in [2.75, 3.05) is 31.0 Å². The second-order valence-corrected chi connectivity index (χ2v) is 7.98. The number of carbonyl (C=O) groups is 1. The normalized spacial score (nSPS) is 17.5. The molecule has 1 N–H and O–H groups in total. The number of methoxy groups -OCH3 is 1. The van der Waals surface area contributed by atoms with Crippen LogP contribution >= 0.6 is 0 Å². The third-order valence-corrected chi connectivity index (χ3v) is 5.56. The molecule has 1 aliphatic heterocycles. The molecule has 0 fully saturated rings. The van der Waals surface area contributed by atoms with Gasteiger partial charge in [0.1, 0.15) is 17.3 Å². The van der Waals surface area contributed by atoms with Gasteiger partial charge in [0.2, 0.25) is 0 Å². The minimum atomic E-state index is -4.92. The third kappa shape index (κ3) is 4.24. The third-order valence-electron chi connectivity index (χ3n) is 5.56. The summed E-state index contributed by atoms with van der Waals surface area (Å²) in [6, 6.07) is 13.6. The van der Waals surface area contributed by atoms with Crippen molar-refractivity contribution in [1.82, 2.24) is 4.98 Å². The summed E-state index contributed by atoms with van der Waals surface area (Å²) in [4.78, 5) is 20.9. The van der Waals surface area contributed by atoms with Crippen LogP contribution in [0.2, 0.25) is 0 Å². The van der Waals surface area contributed by atoms with Gasteiger partial charge in [-0.3, -0.25) is 4.79 Å². The molecular formula is C24H22F3N3O4. The van der Waals surface area contributed by atoms with Gasteiger partial charge in [0.05, 0.1) is 19.3 Å². The van der Waals surface area contributed by atoms with E-state index in [1.54, 1.807) is 49.3 Å². The van der Waals surface area contributed by atoms with Crippen LogP contribution in [-0.2, 0) is 16.9 Å². The number of halogens is 3. The Hall–Kier alpha value is -3.79. The summed E-state index contributed by atoms with van der Waals surface area (Å²) in [6.07, 6.45) is -3.59. The maximum atomic E-state index is 13.6. The molecule has 1 amide bonds. The van der Waals surface area contributed by atoms with E-state index < -0.39 is 23.6 Å². The topological polar surface area (TPSA) is 75.1 Å². The Morgan fingerprint density at radius 2 is 1.74 bits per heavy atom. The molecule has 178 valence electrons. The van der Waals surface area contributed by atoms with Crippen molar-refractivity contribution in [3.8, 4) is 11.5 Å². The zero-order valence-electron chi connectivity index (χ0n) is 18.6. The fraction of sp³-hybridized carbons (Fsp3) is 0.250. The molecule has 0 saturated heterocycles. The van der Waals surface area contributed by atoms with Crippen LogP contribution in [0.4, 0.5) is 24.7 Å². The number of hydrogen-bond acceptors (Lipinski definition) is 6. The first kappa shape index (κ1) is 23.4. The lowest BCUT2D eigenvalue weighted by atomic mass is 9.88. The van der Waals surface area contributed by atoms with E-state index in [1.807, 2.05) is 0 Å². The summed E-state index contributed by atoms with van der Waals surface area (Å²) < 4.78 is 47.7. The summed E-state index contributed by atoms with van der Waals surface area (Å²) in [7, 11) is 5.10. The minimum Gasteiger partial charge on any atom is -0.497 e. The van der Waals surface area contributed by atoms with Gasteiger partial charge in [-0.25, -0.2) is 4.98 Å². The Kier molecular flexibility index (Phi) is 5.86. The van der Waals surface area contributed by atoms with Gasteiger partial charge >= 0.3 is 6.36 Å². The molecular weight excluding hydrogens is 451 g/mol. The number of aliphatic hydroxyl groups is 1. The van der Waals surface area contributed by atoms with Gasteiger partial charge in [-0.2, -0.15) is 0 Å². The van der Waals surface area contributed by atoms with Crippen LogP contribution in [0, 0.1) is 0 Å². The average Bonchev–Trinajstić information content (AvgIpc) is 3.01. The van der Waals surface area contributed by atoms with E-state index in [2.05, 4.69) is 9.72 Å². The largest absolute Gasteiger partial charge is 0.573 e. The first-order valence-corrected chi connectivity index (χ1v) is 10.2. The summed E-state index contributed by atoms with van der Waals surface area (Å²) in [5.41, 5.74) is -1.13. The van der Waals surface area contributed by atoms with Crippen LogP contribution in [0.25, 0.3) is 0 Å². The molecule has 0 spiro atoms. The van der Waals surface area contributed by atoms with Gasteiger partial charge in [0, 0.05) is 31.4 Å². The van der Waals surface area contributed by atoms with Gasteiger partial charge in [-0.1, -0.05) is 18.2 Å². The van der Waals surface area contributed by atoms with Crippen molar-refractivity contribution < 1.29 is 32.5 Å². The van der Waals surface area contributed by atoms with Crippen molar-refractivity contribution >= 4 is 17.4 Å². The van der Waals surface area contributed by atoms with Gasteiger partial charge < -0.3 is 24.4 Å². The van der Waals surface area contributed by atoms with E-state index in [0.29, 0.717) is 11.6 Å². The Morgan fingerprint density at radius 3 is 2.29 bits per heavy atom. The summed E-state index contributed by atoms with van der Waals surface area (Å²) in [6.45, 7) is 0.0841. The number of hydrogen-bond donors (Lipinski definition) is 1. The van der Waals surface area contributed by atoms with Gasteiger partial charge in [0.25, 0.3) is 5.91 Å². The number of anilines is 2. The van der Waals surface area contributed by atoms with Crippen molar-refractivity contribution in [3.63, 3.8) is 0 Å².